The number of fused-ring (bicyclic) bond motifs is 1. The quantitative estimate of drug-likeness (QED) is 0.595. The van der Waals surface area contributed by atoms with E-state index in [-0.39, 0.29) is 5.91 Å². The summed E-state index contributed by atoms with van der Waals surface area (Å²) >= 11 is 7.61. The maximum absolute atomic E-state index is 13.4. The smallest absolute Gasteiger partial charge is 0.280 e. The van der Waals surface area contributed by atoms with E-state index in [1.54, 1.807) is 4.90 Å². The Hall–Kier alpha value is -2.00. The van der Waals surface area contributed by atoms with E-state index in [0.717, 1.165) is 55.3 Å². The molecule has 4 rings (SSSR count). The van der Waals surface area contributed by atoms with Crippen molar-refractivity contribution in [2.75, 3.05) is 44.3 Å². The second-order valence-electron chi connectivity index (χ2n) is 7.01. The third kappa shape index (κ3) is 4.45. The van der Waals surface area contributed by atoms with Crippen molar-refractivity contribution < 1.29 is 9.53 Å². The number of thiazole rings is 1. The van der Waals surface area contributed by atoms with Crippen LogP contribution in [0.25, 0.3) is 10.2 Å². The predicted molar refractivity (Wildman–Crippen MR) is 116 cm³/mol. The van der Waals surface area contributed by atoms with E-state index in [1.165, 1.54) is 11.3 Å². The van der Waals surface area contributed by atoms with Crippen molar-refractivity contribution in [1.82, 2.24) is 19.7 Å². The van der Waals surface area contributed by atoms with Crippen LogP contribution in [0.4, 0.5) is 5.13 Å². The molecule has 2 aromatic heterocycles. The van der Waals surface area contributed by atoms with Crippen molar-refractivity contribution in [3.05, 3.63) is 40.7 Å². The fourth-order valence-corrected chi connectivity index (χ4v) is 4.69. The first-order chi connectivity index (χ1) is 14.0. The summed E-state index contributed by atoms with van der Waals surface area (Å²) in [5.41, 5.74) is 2.26. The number of aromatic nitrogens is 3. The van der Waals surface area contributed by atoms with Gasteiger partial charge in [-0.05, 0) is 38.1 Å². The monoisotopic (exact) mass is 433 g/mol. The molecule has 1 fully saturated rings. The van der Waals surface area contributed by atoms with Gasteiger partial charge in [-0.1, -0.05) is 22.9 Å². The van der Waals surface area contributed by atoms with E-state index in [4.69, 9.17) is 21.3 Å². The number of rotatable bonds is 6. The van der Waals surface area contributed by atoms with E-state index >= 15 is 0 Å². The molecule has 0 saturated carbocycles. The molecule has 0 spiro atoms. The highest BCUT2D eigenvalue weighted by Gasteiger charge is 2.25. The SMILES string of the molecule is CCn1nc(C(=O)N(CCN2CCOCC2)c2nc3ccc(Cl)cc3s2)cc1C. The number of carbonyl (C=O) groups excluding carboxylic acids is 1. The van der Waals surface area contributed by atoms with Gasteiger partial charge in [-0.25, -0.2) is 4.98 Å². The summed E-state index contributed by atoms with van der Waals surface area (Å²) < 4.78 is 8.23. The highest BCUT2D eigenvalue weighted by molar-refractivity contribution is 7.22. The van der Waals surface area contributed by atoms with Gasteiger partial charge in [0, 0.05) is 43.4 Å². The number of hydrogen-bond acceptors (Lipinski definition) is 6. The van der Waals surface area contributed by atoms with E-state index < -0.39 is 0 Å². The van der Waals surface area contributed by atoms with Crippen LogP contribution in [-0.2, 0) is 11.3 Å². The summed E-state index contributed by atoms with van der Waals surface area (Å²) in [5, 5.41) is 5.82. The molecule has 0 N–H and O–H groups in total. The van der Waals surface area contributed by atoms with Crippen LogP contribution in [0.5, 0.6) is 0 Å². The van der Waals surface area contributed by atoms with Gasteiger partial charge in [0.2, 0.25) is 0 Å². The zero-order valence-electron chi connectivity index (χ0n) is 16.6. The molecule has 29 heavy (non-hydrogen) atoms. The molecule has 1 amide bonds. The number of amides is 1. The highest BCUT2D eigenvalue weighted by atomic mass is 35.5. The van der Waals surface area contributed by atoms with Crippen LogP contribution in [0.1, 0.15) is 23.1 Å². The molecule has 9 heteroatoms. The number of carbonyl (C=O) groups is 1. The number of nitrogens with zero attached hydrogens (tertiary/aromatic N) is 5. The highest BCUT2D eigenvalue weighted by Crippen LogP contribution is 2.31. The van der Waals surface area contributed by atoms with Crippen molar-refractivity contribution in [3.8, 4) is 0 Å². The molecule has 3 aromatic rings. The van der Waals surface area contributed by atoms with Gasteiger partial charge in [0.25, 0.3) is 5.91 Å². The van der Waals surface area contributed by atoms with Crippen molar-refractivity contribution in [3.63, 3.8) is 0 Å². The number of halogens is 1. The fraction of sp³-hybridized carbons (Fsp3) is 0.450. The van der Waals surface area contributed by atoms with Crippen molar-refractivity contribution >= 4 is 44.2 Å². The number of anilines is 1. The number of morpholine rings is 1. The molecule has 154 valence electrons. The molecule has 0 bridgehead atoms. The number of ether oxygens (including phenoxy) is 1. The third-order valence-corrected chi connectivity index (χ3v) is 6.33. The Morgan fingerprint density at radius 1 is 1.31 bits per heavy atom. The lowest BCUT2D eigenvalue weighted by atomic mass is 10.3. The largest absolute Gasteiger partial charge is 0.379 e. The zero-order chi connectivity index (χ0) is 20.4. The summed E-state index contributed by atoms with van der Waals surface area (Å²) in [4.78, 5) is 22.1. The topological polar surface area (TPSA) is 63.5 Å². The minimum Gasteiger partial charge on any atom is -0.379 e. The zero-order valence-corrected chi connectivity index (χ0v) is 18.2. The Morgan fingerprint density at radius 3 is 2.83 bits per heavy atom. The summed E-state index contributed by atoms with van der Waals surface area (Å²) in [5.74, 6) is -0.126. The van der Waals surface area contributed by atoms with Gasteiger partial charge in [-0.15, -0.1) is 0 Å². The lowest BCUT2D eigenvalue weighted by Crippen LogP contribution is -2.43. The molecule has 0 atom stereocenters. The average molecular weight is 434 g/mol. The van der Waals surface area contributed by atoms with Crippen LogP contribution in [0.2, 0.25) is 5.02 Å². The predicted octanol–water partition coefficient (Wildman–Crippen LogP) is 3.45. The van der Waals surface area contributed by atoms with E-state index in [2.05, 4.69) is 10.00 Å². The molecule has 0 aliphatic carbocycles. The van der Waals surface area contributed by atoms with Gasteiger partial charge in [-0.3, -0.25) is 19.3 Å². The lowest BCUT2D eigenvalue weighted by Gasteiger charge is -2.29. The molecule has 1 saturated heterocycles. The van der Waals surface area contributed by atoms with Gasteiger partial charge in [0.05, 0.1) is 23.4 Å². The van der Waals surface area contributed by atoms with Crippen LogP contribution in [0.3, 0.4) is 0 Å². The van der Waals surface area contributed by atoms with E-state index in [1.807, 2.05) is 42.8 Å². The minimum absolute atomic E-state index is 0.126. The van der Waals surface area contributed by atoms with E-state index in [0.29, 0.717) is 22.4 Å². The molecule has 7 nitrogen and oxygen atoms in total. The standard InChI is InChI=1S/C20H24ClN5O2S/c1-3-26-14(2)12-17(23-26)19(27)25(7-6-24-8-10-28-11-9-24)20-22-16-5-4-15(21)13-18(16)29-20/h4-5,12-13H,3,6-11H2,1-2H3. The van der Waals surface area contributed by atoms with Gasteiger partial charge >= 0.3 is 0 Å². The fourth-order valence-electron chi connectivity index (χ4n) is 3.43. The summed E-state index contributed by atoms with van der Waals surface area (Å²) in [6, 6.07) is 7.44. The van der Waals surface area contributed by atoms with E-state index in [9.17, 15) is 4.79 Å². The third-order valence-electron chi connectivity index (χ3n) is 5.06. The van der Waals surface area contributed by atoms with Crippen LogP contribution < -0.4 is 4.90 Å². The maximum Gasteiger partial charge on any atom is 0.280 e. The number of benzene rings is 1. The lowest BCUT2D eigenvalue weighted by molar-refractivity contribution is 0.0391. The molecule has 1 aliphatic heterocycles. The number of hydrogen-bond donors (Lipinski definition) is 0. The second kappa shape index (κ2) is 8.79. The Kier molecular flexibility index (Phi) is 6.15. The van der Waals surface area contributed by atoms with Crippen LogP contribution >= 0.6 is 22.9 Å². The second-order valence-corrected chi connectivity index (χ2v) is 8.45. The van der Waals surface area contributed by atoms with Crippen LogP contribution in [0, 0.1) is 6.92 Å². The first-order valence-corrected chi connectivity index (χ1v) is 11.0. The van der Waals surface area contributed by atoms with Crippen LogP contribution in [-0.4, -0.2) is 65.0 Å². The van der Waals surface area contributed by atoms with Gasteiger partial charge in [-0.2, -0.15) is 5.10 Å². The molecular weight excluding hydrogens is 410 g/mol. The minimum atomic E-state index is -0.126. The van der Waals surface area contributed by atoms with Crippen molar-refractivity contribution in [2.45, 2.75) is 20.4 Å². The summed E-state index contributed by atoms with van der Waals surface area (Å²) in [7, 11) is 0. The van der Waals surface area contributed by atoms with Crippen molar-refractivity contribution in [1.29, 1.82) is 0 Å². The Labute approximate surface area is 178 Å². The Bertz CT molecular complexity index is 1010. The maximum atomic E-state index is 13.4. The average Bonchev–Trinajstić information content (AvgIpc) is 3.31. The first-order valence-electron chi connectivity index (χ1n) is 9.77. The van der Waals surface area contributed by atoms with Gasteiger partial charge < -0.3 is 4.74 Å². The molecule has 1 aliphatic rings. The van der Waals surface area contributed by atoms with Crippen LogP contribution in [0.15, 0.2) is 24.3 Å². The van der Waals surface area contributed by atoms with Crippen molar-refractivity contribution in [2.24, 2.45) is 0 Å². The van der Waals surface area contributed by atoms with Gasteiger partial charge in [0.15, 0.2) is 10.8 Å². The normalized spacial score (nSPS) is 15.1. The Balaban J connectivity index is 1.63. The first kappa shape index (κ1) is 20.3. The van der Waals surface area contributed by atoms with Gasteiger partial charge in [0.1, 0.15) is 0 Å². The molecule has 3 heterocycles. The molecular formula is C20H24ClN5O2S. The summed E-state index contributed by atoms with van der Waals surface area (Å²) in [6.07, 6.45) is 0. The summed E-state index contributed by atoms with van der Waals surface area (Å²) in [6.45, 7) is 9.23. The molecule has 1 aromatic carbocycles. The molecule has 0 radical (unpaired) electrons. The number of aryl methyl sites for hydroxylation is 2. The molecule has 0 unspecified atom stereocenters. The Morgan fingerprint density at radius 2 is 2.10 bits per heavy atom.